The second kappa shape index (κ2) is 5.86. The topological polar surface area (TPSA) is 89.8 Å². The molecule has 126 valence electrons. The molecule has 0 spiro atoms. The third kappa shape index (κ3) is 2.84. The predicted octanol–water partition coefficient (Wildman–Crippen LogP) is 2.82. The lowest BCUT2D eigenvalue weighted by molar-refractivity contribution is 0.514. The van der Waals surface area contributed by atoms with E-state index in [-0.39, 0.29) is 16.8 Å². The molecule has 3 aromatic rings. The monoisotopic (exact) mass is 345 g/mol. The van der Waals surface area contributed by atoms with E-state index in [2.05, 4.69) is 20.0 Å². The Kier molecular flexibility index (Phi) is 4.00. The van der Waals surface area contributed by atoms with Gasteiger partial charge in [-0.1, -0.05) is 18.2 Å². The van der Waals surface area contributed by atoms with Gasteiger partial charge in [-0.2, -0.15) is 5.10 Å². The van der Waals surface area contributed by atoms with Gasteiger partial charge in [0.2, 0.25) is 0 Å². The highest BCUT2D eigenvalue weighted by Gasteiger charge is 2.26. The molecular formula is C16H19N5O2S. The lowest BCUT2D eigenvalue weighted by Crippen LogP contribution is -2.16. The SMILES string of the molecule is Cc1nn(C(C)C)c(C)c1S(=O)(=O)Nc1cc2ccccc2nn1. The molecule has 0 bridgehead atoms. The Labute approximate surface area is 140 Å². The van der Waals surface area contributed by atoms with Gasteiger partial charge in [0, 0.05) is 11.4 Å². The van der Waals surface area contributed by atoms with Crippen molar-refractivity contribution in [3.63, 3.8) is 0 Å². The molecule has 0 saturated heterocycles. The van der Waals surface area contributed by atoms with Crippen molar-refractivity contribution in [1.82, 2.24) is 20.0 Å². The van der Waals surface area contributed by atoms with E-state index in [1.54, 1.807) is 24.6 Å². The van der Waals surface area contributed by atoms with E-state index in [1.165, 1.54) is 0 Å². The molecule has 0 fully saturated rings. The van der Waals surface area contributed by atoms with Gasteiger partial charge in [0.25, 0.3) is 10.0 Å². The van der Waals surface area contributed by atoms with Crippen molar-refractivity contribution in [3.05, 3.63) is 41.7 Å². The highest BCUT2D eigenvalue weighted by Crippen LogP contribution is 2.24. The highest BCUT2D eigenvalue weighted by molar-refractivity contribution is 7.92. The summed E-state index contributed by atoms with van der Waals surface area (Å²) in [6.45, 7) is 7.35. The first kappa shape index (κ1) is 16.4. The van der Waals surface area contributed by atoms with E-state index >= 15 is 0 Å². The Morgan fingerprint density at radius 3 is 2.50 bits per heavy atom. The third-order valence-electron chi connectivity index (χ3n) is 3.75. The number of fused-ring (bicyclic) bond motifs is 1. The number of rotatable bonds is 4. The maximum atomic E-state index is 12.8. The van der Waals surface area contributed by atoms with Crippen LogP contribution in [0.1, 0.15) is 31.3 Å². The number of hydrogen-bond donors (Lipinski definition) is 1. The summed E-state index contributed by atoms with van der Waals surface area (Å²) < 4.78 is 29.8. The van der Waals surface area contributed by atoms with Crippen molar-refractivity contribution in [2.24, 2.45) is 0 Å². The molecule has 0 atom stereocenters. The summed E-state index contributed by atoms with van der Waals surface area (Å²) in [7, 11) is -3.79. The van der Waals surface area contributed by atoms with Gasteiger partial charge in [-0.25, -0.2) is 8.42 Å². The number of sulfonamides is 1. The van der Waals surface area contributed by atoms with Gasteiger partial charge in [-0.15, -0.1) is 10.2 Å². The summed E-state index contributed by atoms with van der Waals surface area (Å²) in [6.07, 6.45) is 0. The largest absolute Gasteiger partial charge is 0.266 e. The highest BCUT2D eigenvalue weighted by atomic mass is 32.2. The molecule has 2 aromatic heterocycles. The van der Waals surface area contributed by atoms with Crippen LogP contribution in [0, 0.1) is 13.8 Å². The van der Waals surface area contributed by atoms with E-state index in [4.69, 9.17) is 0 Å². The van der Waals surface area contributed by atoms with Crippen LogP contribution < -0.4 is 4.72 Å². The van der Waals surface area contributed by atoms with Gasteiger partial charge in [0.1, 0.15) is 4.90 Å². The summed E-state index contributed by atoms with van der Waals surface area (Å²) in [6, 6.07) is 9.14. The number of anilines is 1. The minimum Gasteiger partial charge on any atom is -0.266 e. The lowest BCUT2D eigenvalue weighted by atomic mass is 10.2. The van der Waals surface area contributed by atoms with Crippen LogP contribution in [0.15, 0.2) is 35.2 Å². The quantitative estimate of drug-likeness (QED) is 0.785. The van der Waals surface area contributed by atoms with Crippen LogP contribution in [0.3, 0.4) is 0 Å². The molecule has 0 amide bonds. The van der Waals surface area contributed by atoms with E-state index in [0.29, 0.717) is 16.9 Å². The van der Waals surface area contributed by atoms with Crippen molar-refractivity contribution in [3.8, 4) is 0 Å². The average Bonchev–Trinajstić information content (AvgIpc) is 2.82. The predicted molar refractivity (Wildman–Crippen MR) is 92.4 cm³/mol. The van der Waals surface area contributed by atoms with Crippen LogP contribution >= 0.6 is 0 Å². The van der Waals surface area contributed by atoms with Crippen molar-refractivity contribution in [2.45, 2.75) is 38.6 Å². The number of hydrogen-bond acceptors (Lipinski definition) is 5. The number of aryl methyl sites for hydroxylation is 1. The van der Waals surface area contributed by atoms with Crippen molar-refractivity contribution in [2.75, 3.05) is 4.72 Å². The maximum Gasteiger partial charge on any atom is 0.266 e. The molecule has 3 rings (SSSR count). The fourth-order valence-corrected chi connectivity index (χ4v) is 4.15. The Morgan fingerprint density at radius 2 is 1.83 bits per heavy atom. The number of benzene rings is 1. The first-order chi connectivity index (χ1) is 11.3. The van der Waals surface area contributed by atoms with E-state index in [9.17, 15) is 8.42 Å². The van der Waals surface area contributed by atoms with Gasteiger partial charge < -0.3 is 0 Å². The molecule has 8 heteroatoms. The molecule has 24 heavy (non-hydrogen) atoms. The molecule has 1 N–H and O–H groups in total. The van der Waals surface area contributed by atoms with Crippen LogP contribution in [0.5, 0.6) is 0 Å². The minimum atomic E-state index is -3.79. The zero-order valence-electron chi connectivity index (χ0n) is 14.0. The fraction of sp³-hybridized carbons (Fsp3) is 0.312. The summed E-state index contributed by atoms with van der Waals surface area (Å²) in [5.74, 6) is 0.185. The number of nitrogens with one attached hydrogen (secondary N) is 1. The Bertz CT molecular complexity index is 1010. The van der Waals surface area contributed by atoms with Gasteiger partial charge in [0.15, 0.2) is 5.82 Å². The first-order valence-corrected chi connectivity index (χ1v) is 9.09. The lowest BCUT2D eigenvalue weighted by Gasteiger charge is -2.10. The van der Waals surface area contributed by atoms with Gasteiger partial charge in [-0.05, 0) is 39.8 Å². The van der Waals surface area contributed by atoms with Crippen molar-refractivity contribution >= 4 is 26.7 Å². The van der Waals surface area contributed by atoms with Gasteiger partial charge >= 0.3 is 0 Å². The minimum absolute atomic E-state index is 0.0770. The standard InChI is InChI=1S/C16H19N5O2S/c1-10(2)21-12(4)16(11(3)19-21)24(22,23)20-15-9-13-7-5-6-8-14(13)17-18-15/h5-10H,1-4H3,(H,18,20). The normalized spacial score (nSPS) is 12.0. The maximum absolute atomic E-state index is 12.8. The summed E-state index contributed by atoms with van der Waals surface area (Å²) in [5, 5.41) is 13.1. The summed E-state index contributed by atoms with van der Waals surface area (Å²) >= 11 is 0. The molecule has 0 saturated carbocycles. The van der Waals surface area contributed by atoms with Crippen LogP contribution in [0.4, 0.5) is 5.82 Å². The number of nitrogens with zero attached hydrogens (tertiary/aromatic N) is 4. The Hall–Kier alpha value is -2.48. The Morgan fingerprint density at radius 1 is 1.12 bits per heavy atom. The molecule has 0 unspecified atom stereocenters. The second-order valence-corrected chi connectivity index (χ2v) is 7.55. The van der Waals surface area contributed by atoms with Crippen LogP contribution in [-0.4, -0.2) is 28.4 Å². The van der Waals surface area contributed by atoms with Crippen LogP contribution in [-0.2, 0) is 10.0 Å². The first-order valence-electron chi connectivity index (χ1n) is 7.60. The van der Waals surface area contributed by atoms with Crippen LogP contribution in [0.2, 0.25) is 0 Å². The molecule has 2 heterocycles. The molecule has 0 aliphatic rings. The van der Waals surface area contributed by atoms with Crippen molar-refractivity contribution < 1.29 is 8.42 Å². The summed E-state index contributed by atoms with van der Waals surface area (Å²) in [5.41, 5.74) is 1.77. The van der Waals surface area contributed by atoms with Gasteiger partial charge in [-0.3, -0.25) is 9.40 Å². The van der Waals surface area contributed by atoms with Crippen molar-refractivity contribution in [1.29, 1.82) is 0 Å². The smallest absolute Gasteiger partial charge is 0.266 e. The van der Waals surface area contributed by atoms with Crippen LogP contribution in [0.25, 0.3) is 10.9 Å². The molecule has 0 aliphatic heterocycles. The average molecular weight is 345 g/mol. The molecule has 0 radical (unpaired) electrons. The Balaban J connectivity index is 2.02. The van der Waals surface area contributed by atoms with E-state index in [1.807, 2.05) is 38.1 Å². The zero-order valence-corrected chi connectivity index (χ0v) is 14.8. The molecule has 0 aliphatic carbocycles. The molecule has 7 nitrogen and oxygen atoms in total. The van der Waals surface area contributed by atoms with E-state index < -0.39 is 10.0 Å². The number of aromatic nitrogens is 4. The molecular weight excluding hydrogens is 326 g/mol. The van der Waals surface area contributed by atoms with Gasteiger partial charge in [0.05, 0.1) is 16.9 Å². The zero-order chi connectivity index (χ0) is 17.5. The fourth-order valence-electron chi connectivity index (χ4n) is 2.76. The second-order valence-electron chi connectivity index (χ2n) is 5.93. The third-order valence-corrected chi connectivity index (χ3v) is 5.36. The van der Waals surface area contributed by atoms with E-state index in [0.717, 1.165) is 5.39 Å². The summed E-state index contributed by atoms with van der Waals surface area (Å²) in [4.78, 5) is 0.186. The molecule has 1 aromatic carbocycles.